The molecule has 2 saturated heterocycles. The zero-order chi connectivity index (χ0) is 23.9. The molecule has 2 heterocycles. The predicted molar refractivity (Wildman–Crippen MR) is 135 cm³/mol. The van der Waals surface area contributed by atoms with Crippen molar-refractivity contribution in [2.24, 2.45) is 0 Å². The molecule has 2 aliphatic rings. The molecule has 2 rings (SSSR count). The number of rotatable bonds is 17. The fourth-order valence-electron chi connectivity index (χ4n) is 5.34. The van der Waals surface area contributed by atoms with Crippen molar-refractivity contribution in [1.29, 1.82) is 0 Å². The topological polar surface area (TPSA) is 57.2 Å². The van der Waals surface area contributed by atoms with E-state index in [2.05, 4.69) is 20.4 Å². The van der Waals surface area contributed by atoms with Crippen LogP contribution in [0.3, 0.4) is 0 Å². The average Bonchev–Trinajstić information content (AvgIpc) is 2.79. The van der Waals surface area contributed by atoms with Gasteiger partial charge in [-0.1, -0.05) is 45.6 Å². The van der Waals surface area contributed by atoms with Crippen LogP contribution in [0.25, 0.3) is 0 Å². The highest BCUT2D eigenvalue weighted by molar-refractivity contribution is 4.85. The minimum Gasteiger partial charge on any atom is -0.393 e. The van der Waals surface area contributed by atoms with Gasteiger partial charge in [0.1, 0.15) is 0 Å². The molecule has 5 heteroatoms. The van der Waals surface area contributed by atoms with E-state index in [9.17, 15) is 5.11 Å². The number of aliphatic hydroxyl groups excluding tert-OH is 1. The molecule has 2 fully saturated rings. The predicted octanol–water partition coefficient (Wildman–Crippen LogP) is 6.36. The molecule has 0 aliphatic carbocycles. The molecule has 7 atom stereocenters. The summed E-state index contributed by atoms with van der Waals surface area (Å²) < 4.78 is 24.9. The lowest BCUT2D eigenvalue weighted by molar-refractivity contribution is -0.133. The van der Waals surface area contributed by atoms with Crippen LogP contribution >= 0.6 is 0 Å². The van der Waals surface area contributed by atoms with E-state index in [0.717, 1.165) is 83.7 Å². The fraction of sp³-hybridized carbons (Fsp3) is 0.929. The SMILES string of the molecule is C=CCC1CC(OCCCC)CC(C[C@@H](CC2CCCC(C[C@@H](O)CCCCC)O2)OC)O1. The van der Waals surface area contributed by atoms with Crippen molar-refractivity contribution in [3.05, 3.63) is 12.7 Å². The molecule has 0 aromatic rings. The molecule has 0 bridgehead atoms. The van der Waals surface area contributed by atoms with E-state index in [1.54, 1.807) is 0 Å². The minimum absolute atomic E-state index is 0.118. The van der Waals surface area contributed by atoms with Crippen LogP contribution in [0.1, 0.15) is 110 Å². The first-order valence-corrected chi connectivity index (χ1v) is 13.8. The van der Waals surface area contributed by atoms with Crippen LogP contribution in [-0.2, 0) is 18.9 Å². The van der Waals surface area contributed by atoms with Crippen molar-refractivity contribution in [1.82, 2.24) is 0 Å². The van der Waals surface area contributed by atoms with Crippen molar-refractivity contribution in [3.63, 3.8) is 0 Å². The molecule has 5 nitrogen and oxygen atoms in total. The van der Waals surface area contributed by atoms with Crippen molar-refractivity contribution >= 4 is 0 Å². The highest BCUT2D eigenvalue weighted by Gasteiger charge is 2.33. The first-order valence-electron chi connectivity index (χ1n) is 13.8. The molecule has 0 aromatic heterocycles. The second-order valence-electron chi connectivity index (χ2n) is 10.2. The van der Waals surface area contributed by atoms with E-state index >= 15 is 0 Å². The van der Waals surface area contributed by atoms with Crippen molar-refractivity contribution in [2.75, 3.05) is 13.7 Å². The molecule has 0 radical (unpaired) electrons. The first-order chi connectivity index (χ1) is 16.1. The van der Waals surface area contributed by atoms with E-state index in [4.69, 9.17) is 18.9 Å². The lowest BCUT2D eigenvalue weighted by atomic mass is 9.92. The van der Waals surface area contributed by atoms with Crippen molar-refractivity contribution in [3.8, 4) is 0 Å². The van der Waals surface area contributed by atoms with E-state index in [1.165, 1.54) is 19.3 Å². The molecule has 0 aromatic carbocycles. The van der Waals surface area contributed by atoms with Crippen LogP contribution in [0.15, 0.2) is 12.7 Å². The molecule has 194 valence electrons. The number of hydrogen-bond acceptors (Lipinski definition) is 5. The van der Waals surface area contributed by atoms with E-state index < -0.39 is 0 Å². The van der Waals surface area contributed by atoms with Gasteiger partial charge in [-0.2, -0.15) is 0 Å². The van der Waals surface area contributed by atoms with Gasteiger partial charge in [-0.3, -0.25) is 0 Å². The summed E-state index contributed by atoms with van der Waals surface area (Å²) in [5.74, 6) is 0. The summed E-state index contributed by atoms with van der Waals surface area (Å²) in [5, 5.41) is 10.4. The quantitative estimate of drug-likeness (QED) is 0.199. The maximum Gasteiger partial charge on any atom is 0.0637 e. The van der Waals surface area contributed by atoms with Gasteiger partial charge in [0.25, 0.3) is 0 Å². The van der Waals surface area contributed by atoms with Crippen LogP contribution < -0.4 is 0 Å². The van der Waals surface area contributed by atoms with Gasteiger partial charge in [0.2, 0.25) is 0 Å². The van der Waals surface area contributed by atoms with E-state index in [1.807, 2.05) is 13.2 Å². The first kappa shape index (κ1) is 28.8. The smallest absolute Gasteiger partial charge is 0.0637 e. The molecule has 0 spiro atoms. The molecule has 0 saturated carbocycles. The Kier molecular flexibility index (Phi) is 14.9. The van der Waals surface area contributed by atoms with Crippen LogP contribution in [0.4, 0.5) is 0 Å². The maximum absolute atomic E-state index is 10.4. The highest BCUT2D eigenvalue weighted by atomic mass is 16.5. The van der Waals surface area contributed by atoms with Gasteiger partial charge in [0.15, 0.2) is 0 Å². The Labute approximate surface area is 203 Å². The molecule has 1 N–H and O–H groups in total. The third-order valence-corrected chi connectivity index (χ3v) is 7.22. The van der Waals surface area contributed by atoms with Gasteiger partial charge in [0, 0.05) is 20.1 Å². The Morgan fingerprint density at radius 1 is 0.939 bits per heavy atom. The number of hydrogen-bond donors (Lipinski definition) is 1. The monoisotopic (exact) mass is 468 g/mol. The van der Waals surface area contributed by atoms with Gasteiger partial charge in [-0.25, -0.2) is 0 Å². The minimum atomic E-state index is -0.236. The molecule has 0 amide bonds. The Morgan fingerprint density at radius 3 is 2.30 bits per heavy atom. The number of ether oxygens (including phenoxy) is 4. The standard InChI is InChI=1S/C28H52O5/c1-5-8-10-13-22(29)17-24-14-11-15-25(32-24)18-26(30-4)20-28-21-27(31-16-9-6-2)19-23(33-28)12-7-3/h7,22-29H,3,5-6,8-21H2,1-2,4H3/t22-,23?,24?,25?,26+,27?,28?/m0/s1. The van der Waals surface area contributed by atoms with Crippen LogP contribution in [-0.4, -0.2) is 61.6 Å². The fourth-order valence-corrected chi connectivity index (χ4v) is 5.34. The normalized spacial score (nSPS) is 30.1. The maximum atomic E-state index is 10.4. The summed E-state index contributed by atoms with van der Waals surface area (Å²) >= 11 is 0. The van der Waals surface area contributed by atoms with E-state index in [-0.39, 0.29) is 42.7 Å². The number of aliphatic hydroxyl groups is 1. The molecular formula is C28H52O5. The summed E-state index contributed by atoms with van der Waals surface area (Å²) in [6.45, 7) is 9.14. The Morgan fingerprint density at radius 2 is 1.61 bits per heavy atom. The second-order valence-corrected chi connectivity index (χ2v) is 10.2. The third-order valence-electron chi connectivity index (χ3n) is 7.22. The van der Waals surface area contributed by atoms with Gasteiger partial charge in [-0.05, 0) is 64.2 Å². The lowest BCUT2D eigenvalue weighted by Crippen LogP contribution is -2.40. The summed E-state index contributed by atoms with van der Waals surface area (Å²) in [7, 11) is 1.81. The summed E-state index contributed by atoms with van der Waals surface area (Å²) in [6, 6.07) is 0. The third kappa shape index (κ3) is 11.7. The highest BCUT2D eigenvalue weighted by Crippen LogP contribution is 2.31. The average molecular weight is 469 g/mol. The van der Waals surface area contributed by atoms with Crippen LogP contribution in [0.2, 0.25) is 0 Å². The van der Waals surface area contributed by atoms with Crippen LogP contribution in [0, 0.1) is 0 Å². The van der Waals surface area contributed by atoms with Gasteiger partial charge in [-0.15, -0.1) is 6.58 Å². The Balaban J connectivity index is 1.81. The second kappa shape index (κ2) is 17.0. The number of unbranched alkanes of at least 4 members (excludes halogenated alkanes) is 3. The molecular weight excluding hydrogens is 416 g/mol. The molecule has 2 aliphatic heterocycles. The lowest BCUT2D eigenvalue weighted by Gasteiger charge is -2.37. The largest absolute Gasteiger partial charge is 0.393 e. The van der Waals surface area contributed by atoms with Crippen molar-refractivity contribution in [2.45, 2.75) is 153 Å². The number of methoxy groups -OCH3 is 1. The van der Waals surface area contributed by atoms with E-state index in [0.29, 0.717) is 0 Å². The molecule has 5 unspecified atom stereocenters. The van der Waals surface area contributed by atoms with Gasteiger partial charge >= 0.3 is 0 Å². The van der Waals surface area contributed by atoms with Crippen LogP contribution in [0.5, 0.6) is 0 Å². The summed E-state index contributed by atoms with van der Waals surface area (Å²) in [5.41, 5.74) is 0. The Bertz CT molecular complexity index is 499. The molecule has 33 heavy (non-hydrogen) atoms. The zero-order valence-electron chi connectivity index (χ0n) is 21.7. The zero-order valence-corrected chi connectivity index (χ0v) is 21.7. The summed E-state index contributed by atoms with van der Waals surface area (Å²) in [4.78, 5) is 0. The van der Waals surface area contributed by atoms with Gasteiger partial charge < -0.3 is 24.1 Å². The van der Waals surface area contributed by atoms with Crippen molar-refractivity contribution < 1.29 is 24.1 Å². The Hall–Kier alpha value is -0.460. The summed E-state index contributed by atoms with van der Waals surface area (Å²) in [6.07, 6.45) is 18.1. The van der Waals surface area contributed by atoms with Gasteiger partial charge in [0.05, 0.1) is 42.7 Å².